The van der Waals surface area contributed by atoms with Crippen molar-refractivity contribution in [3.8, 4) is 5.75 Å². The minimum Gasteiger partial charge on any atom is -0.467 e. The van der Waals surface area contributed by atoms with Gasteiger partial charge in [0.15, 0.2) is 5.75 Å². The van der Waals surface area contributed by atoms with Crippen LogP contribution >= 0.6 is 11.8 Å². The molecule has 3 heterocycles. The summed E-state index contributed by atoms with van der Waals surface area (Å²) >= 11 is 1.23. The zero-order chi connectivity index (χ0) is 22.3. The van der Waals surface area contributed by atoms with Crippen molar-refractivity contribution in [1.29, 1.82) is 0 Å². The Bertz CT molecular complexity index is 1220. The van der Waals surface area contributed by atoms with Crippen LogP contribution in [0.4, 0.5) is 0 Å². The number of carbonyl (C=O) groups excluding carboxylic acids is 2. The van der Waals surface area contributed by atoms with Crippen molar-refractivity contribution in [2.75, 3.05) is 0 Å². The fraction of sp³-hybridized carbons (Fsp3) is 0.167. The largest absolute Gasteiger partial charge is 0.467 e. The van der Waals surface area contributed by atoms with E-state index in [4.69, 9.17) is 9.15 Å². The van der Waals surface area contributed by atoms with Crippen LogP contribution in [0.2, 0.25) is 0 Å². The molecule has 4 rings (SSSR count). The lowest BCUT2D eigenvalue weighted by molar-refractivity contribution is -0.120. The van der Waals surface area contributed by atoms with Crippen LogP contribution in [-0.4, -0.2) is 27.1 Å². The van der Waals surface area contributed by atoms with E-state index in [0.29, 0.717) is 40.6 Å². The first-order chi connectivity index (χ1) is 15.7. The van der Waals surface area contributed by atoms with Crippen LogP contribution in [0, 0.1) is 0 Å². The Morgan fingerprint density at radius 1 is 1.06 bits per heavy atom. The lowest BCUT2D eigenvalue weighted by Crippen LogP contribution is -2.32. The van der Waals surface area contributed by atoms with Gasteiger partial charge in [0.05, 0.1) is 23.6 Å². The molecule has 0 aliphatic rings. The predicted molar refractivity (Wildman–Crippen MR) is 121 cm³/mol. The number of fused-ring (bicyclic) bond motifs is 1. The van der Waals surface area contributed by atoms with Crippen molar-refractivity contribution in [2.24, 2.45) is 0 Å². The number of hydrogen-bond acceptors (Lipinski definition) is 7. The number of thioether (sulfide) groups is 1. The number of hydrogen-bond donors (Lipinski definition) is 1. The Balaban J connectivity index is 1.50. The van der Waals surface area contributed by atoms with Crippen LogP contribution in [0.25, 0.3) is 10.9 Å². The first-order valence-electron chi connectivity index (χ1n) is 10.1. The molecule has 0 saturated heterocycles. The van der Waals surface area contributed by atoms with E-state index >= 15 is 0 Å². The predicted octanol–water partition coefficient (Wildman–Crippen LogP) is 4.63. The Hall–Kier alpha value is -3.65. The molecule has 0 radical (unpaired) electrons. The quantitative estimate of drug-likeness (QED) is 0.239. The zero-order valence-corrected chi connectivity index (χ0v) is 18.2. The highest BCUT2D eigenvalue weighted by Crippen LogP contribution is 2.29. The number of ether oxygens (including phenoxy) is 1. The maximum Gasteiger partial charge on any atom is 0.346 e. The first-order valence-corrected chi connectivity index (χ1v) is 11.0. The Morgan fingerprint density at radius 2 is 1.88 bits per heavy atom. The van der Waals surface area contributed by atoms with Crippen LogP contribution in [0.5, 0.6) is 5.75 Å². The van der Waals surface area contributed by atoms with Gasteiger partial charge in [-0.05, 0) is 42.8 Å². The second-order valence-corrected chi connectivity index (χ2v) is 8.08. The first kappa shape index (κ1) is 21.6. The van der Waals surface area contributed by atoms with Crippen molar-refractivity contribution in [2.45, 2.75) is 30.2 Å². The summed E-state index contributed by atoms with van der Waals surface area (Å²) in [6.45, 7) is 2.21. The summed E-state index contributed by atoms with van der Waals surface area (Å²) in [6.07, 6.45) is 5.36. The van der Waals surface area contributed by atoms with Crippen LogP contribution in [0.1, 0.15) is 29.5 Å². The molecule has 0 spiro atoms. The molecule has 3 aromatic heterocycles. The van der Waals surface area contributed by atoms with Gasteiger partial charge in [0, 0.05) is 17.8 Å². The van der Waals surface area contributed by atoms with Crippen molar-refractivity contribution in [3.05, 3.63) is 84.6 Å². The molecule has 0 aliphatic carbocycles. The van der Waals surface area contributed by atoms with Crippen molar-refractivity contribution in [3.63, 3.8) is 0 Å². The lowest BCUT2D eigenvalue weighted by Gasteiger charge is -2.15. The molecular formula is C24H21N3O4S. The second kappa shape index (κ2) is 10.1. The molecule has 7 nitrogen and oxygen atoms in total. The van der Waals surface area contributed by atoms with Crippen molar-refractivity contribution < 1.29 is 18.7 Å². The number of nitrogens with one attached hydrogen (secondary N) is 1. The second-order valence-electron chi connectivity index (χ2n) is 6.89. The molecule has 4 aromatic rings. The normalized spacial score (nSPS) is 11.8. The minimum atomic E-state index is -0.551. The third-order valence-corrected chi connectivity index (χ3v) is 6.10. The van der Waals surface area contributed by atoms with Gasteiger partial charge in [-0.3, -0.25) is 9.78 Å². The van der Waals surface area contributed by atoms with Crippen LogP contribution < -0.4 is 10.1 Å². The molecule has 162 valence electrons. The van der Waals surface area contributed by atoms with Crippen LogP contribution in [-0.2, 0) is 11.3 Å². The van der Waals surface area contributed by atoms with E-state index in [0.717, 1.165) is 5.39 Å². The maximum atomic E-state index is 13.0. The summed E-state index contributed by atoms with van der Waals surface area (Å²) in [5.41, 5.74) is 0.896. The van der Waals surface area contributed by atoms with E-state index in [2.05, 4.69) is 15.3 Å². The number of para-hydroxylation sites is 1. The summed E-state index contributed by atoms with van der Waals surface area (Å²) in [6, 6.07) is 16.0. The smallest absolute Gasteiger partial charge is 0.346 e. The molecule has 32 heavy (non-hydrogen) atoms. The molecule has 1 amide bonds. The van der Waals surface area contributed by atoms with Crippen LogP contribution in [0.3, 0.4) is 0 Å². The maximum absolute atomic E-state index is 13.0. The minimum absolute atomic E-state index is 0.155. The highest BCUT2D eigenvalue weighted by Gasteiger charge is 2.23. The highest BCUT2D eigenvalue weighted by molar-refractivity contribution is 8.00. The van der Waals surface area contributed by atoms with E-state index in [9.17, 15) is 9.59 Å². The number of pyridine rings is 2. The molecular weight excluding hydrogens is 426 g/mol. The van der Waals surface area contributed by atoms with Crippen molar-refractivity contribution >= 4 is 34.5 Å². The third-order valence-electron chi connectivity index (χ3n) is 4.72. The van der Waals surface area contributed by atoms with E-state index in [1.54, 1.807) is 49.0 Å². The molecule has 1 atom stereocenters. The summed E-state index contributed by atoms with van der Waals surface area (Å²) in [5, 5.41) is 3.74. The summed E-state index contributed by atoms with van der Waals surface area (Å²) in [7, 11) is 0. The van der Waals surface area contributed by atoms with E-state index in [-0.39, 0.29) is 5.91 Å². The fourth-order valence-electron chi connectivity index (χ4n) is 3.11. The lowest BCUT2D eigenvalue weighted by atomic mass is 10.2. The Labute approximate surface area is 189 Å². The van der Waals surface area contributed by atoms with Gasteiger partial charge in [0.25, 0.3) is 0 Å². The number of aromatic nitrogens is 2. The third kappa shape index (κ3) is 4.97. The molecule has 1 N–H and O–H groups in total. The molecule has 0 aliphatic heterocycles. The van der Waals surface area contributed by atoms with Gasteiger partial charge in [0.1, 0.15) is 16.3 Å². The molecule has 1 unspecified atom stereocenters. The topological polar surface area (TPSA) is 94.3 Å². The summed E-state index contributed by atoms with van der Waals surface area (Å²) in [4.78, 5) is 34.3. The van der Waals surface area contributed by atoms with E-state index < -0.39 is 11.2 Å². The monoisotopic (exact) mass is 447 g/mol. The van der Waals surface area contributed by atoms with Gasteiger partial charge in [-0.25, -0.2) is 9.78 Å². The van der Waals surface area contributed by atoms with E-state index in [1.807, 2.05) is 31.2 Å². The highest BCUT2D eigenvalue weighted by atomic mass is 32.2. The molecule has 0 fully saturated rings. The number of furan rings is 1. The van der Waals surface area contributed by atoms with Crippen LogP contribution in [0.15, 0.2) is 82.7 Å². The zero-order valence-electron chi connectivity index (χ0n) is 17.4. The standard InChI is InChI=1S/C24H21N3O4S/c1-2-20(22(28)27-15-17-9-6-14-30-17)32-23-18(10-5-13-26-23)24(29)31-19-11-3-7-16-8-4-12-25-21(16)19/h3-14,20H,2,15H2,1H3,(H,27,28). The number of amides is 1. The van der Waals surface area contributed by atoms with Gasteiger partial charge in [-0.2, -0.15) is 0 Å². The summed E-state index contributed by atoms with van der Waals surface area (Å²) in [5.74, 6) is 0.335. The number of rotatable bonds is 8. The number of nitrogens with zero attached hydrogens (tertiary/aromatic N) is 2. The van der Waals surface area contributed by atoms with E-state index in [1.165, 1.54) is 11.8 Å². The SMILES string of the molecule is CCC(Sc1ncccc1C(=O)Oc1cccc2cccnc12)C(=O)NCc1ccco1. The average Bonchev–Trinajstić information content (AvgIpc) is 3.35. The molecule has 0 bridgehead atoms. The number of esters is 1. The van der Waals surface area contributed by atoms with Gasteiger partial charge in [-0.1, -0.05) is 36.9 Å². The van der Waals surface area contributed by atoms with Gasteiger partial charge in [-0.15, -0.1) is 0 Å². The number of benzene rings is 1. The number of carbonyl (C=O) groups is 2. The van der Waals surface area contributed by atoms with Gasteiger partial charge >= 0.3 is 5.97 Å². The average molecular weight is 448 g/mol. The summed E-state index contributed by atoms with van der Waals surface area (Å²) < 4.78 is 10.9. The Kier molecular flexibility index (Phi) is 6.81. The molecule has 0 saturated carbocycles. The van der Waals surface area contributed by atoms with Crippen molar-refractivity contribution in [1.82, 2.24) is 15.3 Å². The van der Waals surface area contributed by atoms with Gasteiger partial charge < -0.3 is 14.5 Å². The van der Waals surface area contributed by atoms with Gasteiger partial charge in [0.2, 0.25) is 5.91 Å². The molecule has 8 heteroatoms. The molecule has 1 aromatic carbocycles. The fourth-order valence-corrected chi connectivity index (χ4v) is 4.14. The Morgan fingerprint density at radius 3 is 2.69 bits per heavy atom.